The fourth-order valence-corrected chi connectivity index (χ4v) is 1.82. The predicted octanol–water partition coefficient (Wildman–Crippen LogP) is 1.24. The van der Waals surface area contributed by atoms with E-state index in [9.17, 15) is 9.59 Å². The van der Waals surface area contributed by atoms with Crippen LogP contribution in [0.5, 0.6) is 5.75 Å². The van der Waals surface area contributed by atoms with Gasteiger partial charge in [0.15, 0.2) is 0 Å². The summed E-state index contributed by atoms with van der Waals surface area (Å²) >= 11 is 0. The van der Waals surface area contributed by atoms with Gasteiger partial charge in [-0.1, -0.05) is 0 Å². The molecule has 1 heterocycles. The van der Waals surface area contributed by atoms with E-state index < -0.39 is 18.0 Å². The minimum atomic E-state index is -1.13. The number of carboxylic acids is 1. The number of carboxylic acid groups (broad SMARTS) is 1. The van der Waals surface area contributed by atoms with E-state index in [0.29, 0.717) is 17.1 Å². The summed E-state index contributed by atoms with van der Waals surface area (Å²) in [5.41, 5.74) is 1.15. The molecular weight excluding hydrogens is 288 g/mol. The van der Waals surface area contributed by atoms with Crippen LogP contribution in [0.2, 0.25) is 0 Å². The number of nitrogens with zero attached hydrogens (tertiary/aromatic N) is 1. The molecule has 0 saturated heterocycles. The van der Waals surface area contributed by atoms with Crippen molar-refractivity contribution in [1.82, 2.24) is 15.3 Å². The zero-order valence-electron chi connectivity index (χ0n) is 11.9. The number of hydrogen-bond acceptors (Lipinski definition) is 4. The van der Waals surface area contributed by atoms with Crippen LogP contribution in [0.4, 0.5) is 10.5 Å². The monoisotopic (exact) mass is 304 g/mol. The van der Waals surface area contributed by atoms with Crippen LogP contribution in [0.25, 0.3) is 0 Å². The molecule has 0 aliphatic heterocycles. The Balaban J connectivity index is 1.94. The van der Waals surface area contributed by atoms with Gasteiger partial charge in [0.2, 0.25) is 0 Å². The topological polar surface area (TPSA) is 116 Å². The molecule has 1 aromatic carbocycles. The number of aromatic nitrogens is 2. The first-order valence-electron chi connectivity index (χ1n) is 6.50. The van der Waals surface area contributed by atoms with Crippen molar-refractivity contribution in [2.24, 2.45) is 0 Å². The van der Waals surface area contributed by atoms with Crippen molar-refractivity contribution in [2.45, 2.75) is 12.5 Å². The SMILES string of the molecule is COc1ccc(NC(=O)NC(Cc2cnc[nH]2)C(=O)O)cc1. The van der Waals surface area contributed by atoms with E-state index in [1.165, 1.54) is 12.5 Å². The number of amides is 2. The molecule has 0 spiro atoms. The quantitative estimate of drug-likeness (QED) is 0.640. The number of hydrogen-bond donors (Lipinski definition) is 4. The standard InChI is InChI=1S/C14H16N4O4/c1-22-11-4-2-9(3-5-11)17-14(21)18-12(13(19)20)6-10-7-15-8-16-10/h2-5,7-8,12H,6H2,1H3,(H,15,16)(H,19,20)(H2,17,18,21). The number of imidazole rings is 1. The van der Waals surface area contributed by atoms with Gasteiger partial charge in [-0.15, -0.1) is 0 Å². The Morgan fingerprint density at radius 1 is 1.36 bits per heavy atom. The Labute approximate surface area is 126 Å². The Kier molecular flexibility index (Phi) is 4.97. The number of carbonyl (C=O) groups excluding carboxylic acids is 1. The minimum Gasteiger partial charge on any atom is -0.497 e. The van der Waals surface area contributed by atoms with Crippen LogP contribution in [0.1, 0.15) is 5.69 Å². The van der Waals surface area contributed by atoms with Crippen molar-refractivity contribution in [2.75, 3.05) is 12.4 Å². The Morgan fingerprint density at radius 3 is 2.64 bits per heavy atom. The number of ether oxygens (including phenoxy) is 1. The highest BCUT2D eigenvalue weighted by Crippen LogP contribution is 2.14. The van der Waals surface area contributed by atoms with E-state index in [1.54, 1.807) is 31.4 Å². The molecule has 8 heteroatoms. The summed E-state index contributed by atoms with van der Waals surface area (Å²) in [4.78, 5) is 29.7. The van der Waals surface area contributed by atoms with Crippen molar-refractivity contribution in [1.29, 1.82) is 0 Å². The van der Waals surface area contributed by atoms with Crippen LogP contribution in [0.15, 0.2) is 36.8 Å². The third-order valence-corrected chi connectivity index (χ3v) is 2.93. The van der Waals surface area contributed by atoms with Gasteiger partial charge in [-0.25, -0.2) is 14.6 Å². The molecule has 4 N–H and O–H groups in total. The second-order valence-electron chi connectivity index (χ2n) is 4.50. The molecule has 1 aromatic heterocycles. The first-order valence-corrected chi connectivity index (χ1v) is 6.50. The minimum absolute atomic E-state index is 0.116. The summed E-state index contributed by atoms with van der Waals surface area (Å²) in [6, 6.07) is 5.03. The molecule has 2 rings (SSSR count). The maximum absolute atomic E-state index is 11.9. The molecule has 1 unspecified atom stereocenters. The number of rotatable bonds is 6. The van der Waals surface area contributed by atoms with E-state index in [-0.39, 0.29) is 6.42 Å². The second kappa shape index (κ2) is 7.11. The maximum Gasteiger partial charge on any atom is 0.326 e. The molecule has 2 aromatic rings. The van der Waals surface area contributed by atoms with E-state index in [2.05, 4.69) is 20.6 Å². The van der Waals surface area contributed by atoms with Gasteiger partial charge in [0.1, 0.15) is 11.8 Å². The van der Waals surface area contributed by atoms with E-state index in [0.717, 1.165) is 0 Å². The lowest BCUT2D eigenvalue weighted by atomic mass is 10.2. The largest absolute Gasteiger partial charge is 0.497 e. The Morgan fingerprint density at radius 2 is 2.09 bits per heavy atom. The van der Waals surface area contributed by atoms with Gasteiger partial charge in [0.05, 0.1) is 13.4 Å². The molecule has 0 fully saturated rings. The van der Waals surface area contributed by atoms with Crippen LogP contribution in [-0.2, 0) is 11.2 Å². The number of urea groups is 1. The molecule has 116 valence electrons. The molecule has 0 aliphatic rings. The highest BCUT2D eigenvalue weighted by molar-refractivity contribution is 5.92. The van der Waals surface area contributed by atoms with E-state index in [1.807, 2.05) is 0 Å². The summed E-state index contributed by atoms with van der Waals surface area (Å²) in [5, 5.41) is 14.1. The zero-order chi connectivity index (χ0) is 15.9. The van der Waals surface area contributed by atoms with Gasteiger partial charge < -0.3 is 25.5 Å². The molecular formula is C14H16N4O4. The maximum atomic E-state index is 11.9. The van der Waals surface area contributed by atoms with Gasteiger partial charge in [0, 0.05) is 24.0 Å². The van der Waals surface area contributed by atoms with Crippen molar-refractivity contribution >= 4 is 17.7 Å². The lowest BCUT2D eigenvalue weighted by molar-refractivity contribution is -0.139. The summed E-state index contributed by atoms with van der Waals surface area (Å²) in [7, 11) is 1.54. The van der Waals surface area contributed by atoms with Crippen LogP contribution in [-0.4, -0.2) is 40.2 Å². The zero-order valence-corrected chi connectivity index (χ0v) is 11.9. The van der Waals surface area contributed by atoms with Crippen LogP contribution >= 0.6 is 0 Å². The Hall–Kier alpha value is -3.03. The lowest BCUT2D eigenvalue weighted by Crippen LogP contribution is -2.44. The van der Waals surface area contributed by atoms with Crippen molar-refractivity contribution in [3.63, 3.8) is 0 Å². The lowest BCUT2D eigenvalue weighted by Gasteiger charge is -2.14. The number of benzene rings is 1. The number of carbonyl (C=O) groups is 2. The predicted molar refractivity (Wildman–Crippen MR) is 78.9 cm³/mol. The summed E-state index contributed by atoms with van der Waals surface area (Å²) in [5.74, 6) is -0.465. The molecule has 1 atom stereocenters. The van der Waals surface area contributed by atoms with Crippen LogP contribution in [0.3, 0.4) is 0 Å². The first-order chi connectivity index (χ1) is 10.6. The molecule has 22 heavy (non-hydrogen) atoms. The van der Waals surface area contributed by atoms with Crippen molar-refractivity contribution in [3.05, 3.63) is 42.5 Å². The highest BCUT2D eigenvalue weighted by Gasteiger charge is 2.21. The second-order valence-corrected chi connectivity index (χ2v) is 4.50. The fourth-order valence-electron chi connectivity index (χ4n) is 1.82. The van der Waals surface area contributed by atoms with Crippen LogP contribution in [0, 0.1) is 0 Å². The van der Waals surface area contributed by atoms with Gasteiger partial charge >= 0.3 is 12.0 Å². The van der Waals surface area contributed by atoms with Gasteiger partial charge in [0.25, 0.3) is 0 Å². The normalized spacial score (nSPS) is 11.5. The third kappa shape index (κ3) is 4.23. The summed E-state index contributed by atoms with van der Waals surface area (Å²) in [6.07, 6.45) is 3.08. The van der Waals surface area contributed by atoms with Crippen LogP contribution < -0.4 is 15.4 Å². The van der Waals surface area contributed by atoms with Crippen molar-refractivity contribution in [3.8, 4) is 5.75 Å². The average Bonchev–Trinajstić information content (AvgIpc) is 3.00. The number of methoxy groups -OCH3 is 1. The summed E-state index contributed by atoms with van der Waals surface area (Å²) < 4.78 is 5.01. The van der Waals surface area contributed by atoms with E-state index in [4.69, 9.17) is 9.84 Å². The number of aliphatic carboxylic acids is 1. The first kappa shape index (κ1) is 15.4. The molecule has 0 aliphatic carbocycles. The van der Waals surface area contributed by atoms with Gasteiger partial charge in [-0.05, 0) is 24.3 Å². The average molecular weight is 304 g/mol. The third-order valence-electron chi connectivity index (χ3n) is 2.93. The molecule has 2 amide bonds. The molecule has 8 nitrogen and oxygen atoms in total. The highest BCUT2D eigenvalue weighted by atomic mass is 16.5. The number of anilines is 1. The molecule has 0 saturated carbocycles. The molecule has 0 radical (unpaired) electrons. The van der Waals surface area contributed by atoms with E-state index >= 15 is 0 Å². The number of nitrogens with one attached hydrogen (secondary N) is 3. The summed E-state index contributed by atoms with van der Waals surface area (Å²) in [6.45, 7) is 0. The smallest absolute Gasteiger partial charge is 0.326 e. The fraction of sp³-hybridized carbons (Fsp3) is 0.214. The van der Waals surface area contributed by atoms with Crippen molar-refractivity contribution < 1.29 is 19.4 Å². The number of aromatic amines is 1. The Bertz CT molecular complexity index is 625. The number of H-pyrrole nitrogens is 1. The van der Waals surface area contributed by atoms with Gasteiger partial charge in [-0.3, -0.25) is 0 Å². The molecule has 0 bridgehead atoms. The van der Waals surface area contributed by atoms with Gasteiger partial charge in [-0.2, -0.15) is 0 Å².